The van der Waals surface area contributed by atoms with Crippen LogP contribution in [0.3, 0.4) is 0 Å². The molecule has 0 saturated heterocycles. The molecule has 14 heavy (non-hydrogen) atoms. The molecule has 0 fully saturated rings. The zero-order valence-electron chi connectivity index (χ0n) is 9.64. The average Bonchev–Trinajstić information content (AvgIpc) is 2.16. The highest BCUT2D eigenvalue weighted by Crippen LogP contribution is 2.12. The summed E-state index contributed by atoms with van der Waals surface area (Å²) in [6.07, 6.45) is 0. The van der Waals surface area contributed by atoms with Crippen LogP contribution in [-0.4, -0.2) is 37.6 Å². The summed E-state index contributed by atoms with van der Waals surface area (Å²) in [5.41, 5.74) is -0.314. The second kappa shape index (κ2) is 7.12. The summed E-state index contributed by atoms with van der Waals surface area (Å²) in [5, 5.41) is 5.97. The molecule has 0 saturated carbocycles. The van der Waals surface area contributed by atoms with Crippen LogP contribution < -0.4 is 10.6 Å². The number of carbonyl (C=O) groups is 1. The fourth-order valence-corrected chi connectivity index (χ4v) is 1.69. The van der Waals surface area contributed by atoms with Gasteiger partial charge < -0.3 is 10.6 Å². The summed E-state index contributed by atoms with van der Waals surface area (Å²) in [6.45, 7) is 7.76. The van der Waals surface area contributed by atoms with Gasteiger partial charge in [-0.15, -0.1) is 0 Å². The van der Waals surface area contributed by atoms with Gasteiger partial charge in [0.2, 0.25) is 5.91 Å². The molecule has 0 aromatic carbocycles. The number of hydrogen-bond acceptors (Lipinski definition) is 3. The van der Waals surface area contributed by atoms with Crippen LogP contribution >= 0.6 is 11.8 Å². The molecule has 3 nitrogen and oxygen atoms in total. The van der Waals surface area contributed by atoms with Crippen LogP contribution in [0.4, 0.5) is 0 Å². The Morgan fingerprint density at radius 1 is 1.43 bits per heavy atom. The molecule has 0 aliphatic carbocycles. The van der Waals surface area contributed by atoms with E-state index in [2.05, 4.69) is 17.6 Å². The number of carbonyl (C=O) groups excluding carboxylic acids is 1. The first kappa shape index (κ1) is 13.8. The Hall–Kier alpha value is -0.220. The van der Waals surface area contributed by atoms with Gasteiger partial charge in [0.15, 0.2) is 0 Å². The maximum absolute atomic E-state index is 11.4. The van der Waals surface area contributed by atoms with Crippen molar-refractivity contribution < 1.29 is 4.79 Å². The standard InChI is InChI=1S/C10H22N2OS/c1-5-14-7-6-12-8-10(2,3)9(13)11-4/h12H,5-8H2,1-4H3,(H,11,13). The topological polar surface area (TPSA) is 41.1 Å². The van der Waals surface area contributed by atoms with E-state index >= 15 is 0 Å². The lowest BCUT2D eigenvalue weighted by atomic mass is 9.92. The number of amides is 1. The smallest absolute Gasteiger partial charge is 0.226 e. The van der Waals surface area contributed by atoms with E-state index in [4.69, 9.17) is 0 Å². The molecule has 0 unspecified atom stereocenters. The number of rotatable bonds is 7. The molecule has 2 N–H and O–H groups in total. The van der Waals surface area contributed by atoms with Crippen LogP contribution in [-0.2, 0) is 4.79 Å². The molecule has 4 heteroatoms. The van der Waals surface area contributed by atoms with E-state index in [0.717, 1.165) is 24.6 Å². The first-order chi connectivity index (χ1) is 6.54. The Morgan fingerprint density at radius 3 is 2.57 bits per heavy atom. The summed E-state index contributed by atoms with van der Waals surface area (Å²) in [6, 6.07) is 0. The fourth-order valence-electron chi connectivity index (χ4n) is 1.11. The van der Waals surface area contributed by atoms with Gasteiger partial charge in [-0.3, -0.25) is 4.79 Å². The van der Waals surface area contributed by atoms with Gasteiger partial charge in [-0.05, 0) is 19.6 Å². The minimum absolute atomic E-state index is 0.0909. The van der Waals surface area contributed by atoms with Crippen molar-refractivity contribution in [3.05, 3.63) is 0 Å². The van der Waals surface area contributed by atoms with E-state index < -0.39 is 0 Å². The molecule has 0 aliphatic heterocycles. The van der Waals surface area contributed by atoms with E-state index in [9.17, 15) is 4.79 Å². The number of hydrogen-bond donors (Lipinski definition) is 2. The minimum atomic E-state index is -0.314. The Balaban J connectivity index is 3.60. The largest absolute Gasteiger partial charge is 0.359 e. The summed E-state index contributed by atoms with van der Waals surface area (Å²) in [7, 11) is 1.68. The maximum Gasteiger partial charge on any atom is 0.226 e. The third-order valence-electron chi connectivity index (χ3n) is 2.04. The zero-order chi connectivity index (χ0) is 11.0. The van der Waals surface area contributed by atoms with Crippen molar-refractivity contribution in [3.63, 3.8) is 0 Å². The summed E-state index contributed by atoms with van der Waals surface area (Å²) in [4.78, 5) is 11.4. The second-order valence-electron chi connectivity index (χ2n) is 3.84. The Kier molecular flexibility index (Phi) is 7.01. The highest BCUT2D eigenvalue weighted by atomic mass is 32.2. The van der Waals surface area contributed by atoms with Crippen LogP contribution in [0.2, 0.25) is 0 Å². The summed E-state index contributed by atoms with van der Waals surface area (Å²) >= 11 is 1.91. The maximum atomic E-state index is 11.4. The lowest BCUT2D eigenvalue weighted by Crippen LogP contribution is -2.42. The van der Waals surface area contributed by atoms with Gasteiger partial charge in [0.25, 0.3) is 0 Å². The minimum Gasteiger partial charge on any atom is -0.359 e. The molecule has 0 spiro atoms. The Morgan fingerprint density at radius 2 is 2.07 bits per heavy atom. The third-order valence-corrected chi connectivity index (χ3v) is 2.94. The molecule has 0 heterocycles. The normalized spacial score (nSPS) is 11.4. The molecule has 0 radical (unpaired) electrons. The summed E-state index contributed by atoms with van der Waals surface area (Å²) < 4.78 is 0. The van der Waals surface area contributed by atoms with Crippen molar-refractivity contribution in [2.45, 2.75) is 20.8 Å². The van der Waals surface area contributed by atoms with Crippen molar-refractivity contribution in [3.8, 4) is 0 Å². The molecule has 0 rings (SSSR count). The lowest BCUT2D eigenvalue weighted by molar-refractivity contribution is -0.128. The van der Waals surface area contributed by atoms with E-state index in [0.29, 0.717) is 0 Å². The predicted molar refractivity (Wildman–Crippen MR) is 63.7 cm³/mol. The van der Waals surface area contributed by atoms with Crippen molar-refractivity contribution in [2.75, 3.05) is 31.6 Å². The highest BCUT2D eigenvalue weighted by Gasteiger charge is 2.25. The highest BCUT2D eigenvalue weighted by molar-refractivity contribution is 7.99. The Bertz CT molecular complexity index is 172. The van der Waals surface area contributed by atoms with Crippen LogP contribution in [0.15, 0.2) is 0 Å². The molecule has 1 amide bonds. The molecular weight excluding hydrogens is 196 g/mol. The van der Waals surface area contributed by atoms with Crippen molar-refractivity contribution in [1.29, 1.82) is 0 Å². The molecule has 84 valence electrons. The van der Waals surface area contributed by atoms with Gasteiger partial charge in [-0.1, -0.05) is 6.92 Å². The quantitative estimate of drug-likeness (QED) is 0.629. The van der Waals surface area contributed by atoms with E-state index in [1.165, 1.54) is 0 Å². The SMILES string of the molecule is CCSCCNCC(C)(C)C(=O)NC. The number of nitrogens with one attached hydrogen (secondary N) is 2. The second-order valence-corrected chi connectivity index (χ2v) is 5.23. The van der Waals surface area contributed by atoms with Crippen LogP contribution in [0.5, 0.6) is 0 Å². The zero-order valence-corrected chi connectivity index (χ0v) is 10.5. The average molecular weight is 218 g/mol. The fraction of sp³-hybridized carbons (Fsp3) is 0.900. The van der Waals surface area contributed by atoms with Crippen molar-refractivity contribution in [1.82, 2.24) is 10.6 Å². The van der Waals surface area contributed by atoms with Crippen LogP contribution in [0.1, 0.15) is 20.8 Å². The summed E-state index contributed by atoms with van der Waals surface area (Å²) in [5.74, 6) is 2.36. The van der Waals surface area contributed by atoms with E-state index in [1.54, 1.807) is 7.05 Å². The van der Waals surface area contributed by atoms with Crippen molar-refractivity contribution in [2.24, 2.45) is 5.41 Å². The lowest BCUT2D eigenvalue weighted by Gasteiger charge is -2.22. The van der Waals surface area contributed by atoms with Gasteiger partial charge in [0, 0.05) is 25.9 Å². The van der Waals surface area contributed by atoms with E-state index in [-0.39, 0.29) is 11.3 Å². The van der Waals surface area contributed by atoms with Gasteiger partial charge in [-0.2, -0.15) is 11.8 Å². The Labute approximate surface area is 91.4 Å². The van der Waals surface area contributed by atoms with Gasteiger partial charge >= 0.3 is 0 Å². The molecule has 0 aliphatic rings. The third kappa shape index (κ3) is 5.50. The first-order valence-corrected chi connectivity index (χ1v) is 6.20. The van der Waals surface area contributed by atoms with Gasteiger partial charge in [-0.25, -0.2) is 0 Å². The van der Waals surface area contributed by atoms with Crippen LogP contribution in [0, 0.1) is 5.41 Å². The first-order valence-electron chi connectivity index (χ1n) is 5.05. The predicted octanol–water partition coefficient (Wildman–Crippen LogP) is 1.10. The molecule has 0 aromatic rings. The molecule has 0 atom stereocenters. The number of thioether (sulfide) groups is 1. The molecular formula is C10H22N2OS. The van der Waals surface area contributed by atoms with Gasteiger partial charge in [0.1, 0.15) is 0 Å². The van der Waals surface area contributed by atoms with Crippen LogP contribution in [0.25, 0.3) is 0 Å². The monoisotopic (exact) mass is 218 g/mol. The van der Waals surface area contributed by atoms with E-state index in [1.807, 2.05) is 25.6 Å². The molecule has 0 bridgehead atoms. The van der Waals surface area contributed by atoms with Gasteiger partial charge in [0.05, 0.1) is 5.41 Å². The molecule has 0 aromatic heterocycles. The van der Waals surface area contributed by atoms with Crippen molar-refractivity contribution >= 4 is 17.7 Å².